The number of carboxylic acids is 1. The lowest BCUT2D eigenvalue weighted by molar-refractivity contribution is -0.137. The topological polar surface area (TPSA) is 113 Å². The molecule has 0 heterocycles. The third kappa shape index (κ3) is 4.43. The number of carbonyl (C=O) groups is 3. The minimum Gasteiger partial charge on any atom is -0.480 e. The second kappa shape index (κ2) is 6.76. The maximum absolute atomic E-state index is 12.0. The van der Waals surface area contributed by atoms with Gasteiger partial charge in [0.25, 0.3) is 0 Å². The molecule has 0 fully saturated rings. The zero-order valence-corrected chi connectivity index (χ0v) is 11.5. The summed E-state index contributed by atoms with van der Waals surface area (Å²) in [6.45, 7) is 0.594. The summed E-state index contributed by atoms with van der Waals surface area (Å²) in [5.41, 5.74) is 6.05. The van der Waals surface area contributed by atoms with E-state index in [0.717, 1.165) is 4.90 Å². The number of carboxylic acid groups (broad SMARTS) is 1. The molecule has 0 spiro atoms. The quantitative estimate of drug-likeness (QED) is 0.754. The number of hydrogen-bond acceptors (Lipinski definition) is 3. The average Bonchev–Trinajstić information content (AvgIpc) is 2.31. The molecule has 108 valence electrons. The predicted octanol–water partition coefficient (Wildman–Crippen LogP) is 1.05. The van der Waals surface area contributed by atoms with Crippen LogP contribution in [0, 0.1) is 6.92 Å². The fraction of sp³-hybridized carbons (Fsp3) is 0.250. The molecule has 0 aliphatic rings. The van der Waals surface area contributed by atoms with Crippen LogP contribution in [-0.2, 0) is 9.59 Å². The van der Waals surface area contributed by atoms with E-state index < -0.39 is 31.0 Å². The van der Waals surface area contributed by atoms with Crippen LogP contribution in [0.25, 0.3) is 0 Å². The van der Waals surface area contributed by atoms with Crippen LogP contribution >= 0.6 is 11.6 Å². The summed E-state index contributed by atoms with van der Waals surface area (Å²) >= 11 is 5.95. The lowest BCUT2D eigenvalue weighted by atomic mass is 10.2. The molecule has 20 heavy (non-hydrogen) atoms. The molecular formula is C12H14ClN3O4. The maximum Gasteiger partial charge on any atom is 0.323 e. The highest BCUT2D eigenvalue weighted by Crippen LogP contribution is 2.25. The van der Waals surface area contributed by atoms with Crippen molar-refractivity contribution in [3.8, 4) is 0 Å². The number of halogens is 1. The van der Waals surface area contributed by atoms with Crippen molar-refractivity contribution in [3.63, 3.8) is 0 Å². The molecule has 3 amide bonds. The number of benzene rings is 1. The number of amides is 3. The molecule has 4 N–H and O–H groups in total. The van der Waals surface area contributed by atoms with Gasteiger partial charge in [-0.3, -0.25) is 9.59 Å². The monoisotopic (exact) mass is 299 g/mol. The number of carbonyl (C=O) groups excluding carboxylic acids is 2. The summed E-state index contributed by atoms with van der Waals surface area (Å²) in [5, 5.41) is 11.5. The first kappa shape index (κ1) is 15.8. The van der Waals surface area contributed by atoms with E-state index in [1.54, 1.807) is 25.1 Å². The van der Waals surface area contributed by atoms with Crippen LogP contribution in [0.1, 0.15) is 5.56 Å². The molecule has 0 aromatic heterocycles. The number of nitrogens with one attached hydrogen (secondary N) is 1. The molecule has 0 aliphatic heterocycles. The van der Waals surface area contributed by atoms with E-state index in [9.17, 15) is 14.4 Å². The van der Waals surface area contributed by atoms with Crippen LogP contribution in [0.2, 0.25) is 5.02 Å². The second-order valence-corrected chi connectivity index (χ2v) is 4.49. The van der Waals surface area contributed by atoms with E-state index in [0.29, 0.717) is 16.3 Å². The number of nitrogens with zero attached hydrogens (tertiary/aromatic N) is 1. The molecule has 0 radical (unpaired) electrons. The standard InChI is InChI=1S/C12H14ClN3O4/c1-7-3-2-4-8(13)11(7)15-12(20)16(5-9(14)17)6-10(18)19/h2-4H,5-6H2,1H3,(H2,14,17)(H,15,20)(H,18,19). The van der Waals surface area contributed by atoms with Gasteiger partial charge in [-0.15, -0.1) is 0 Å². The number of rotatable bonds is 5. The summed E-state index contributed by atoms with van der Waals surface area (Å²) in [4.78, 5) is 34.3. The van der Waals surface area contributed by atoms with Gasteiger partial charge in [-0.05, 0) is 18.6 Å². The number of aryl methyl sites for hydroxylation is 1. The lowest BCUT2D eigenvalue weighted by Crippen LogP contribution is -2.43. The van der Waals surface area contributed by atoms with Crippen LogP contribution in [0.4, 0.5) is 10.5 Å². The van der Waals surface area contributed by atoms with E-state index >= 15 is 0 Å². The van der Waals surface area contributed by atoms with Crippen molar-refractivity contribution >= 4 is 35.2 Å². The molecule has 1 aromatic carbocycles. The molecule has 7 nitrogen and oxygen atoms in total. The van der Waals surface area contributed by atoms with Gasteiger partial charge < -0.3 is 21.1 Å². The summed E-state index contributed by atoms with van der Waals surface area (Å²) in [5.74, 6) is -2.06. The largest absolute Gasteiger partial charge is 0.480 e. The van der Waals surface area contributed by atoms with Gasteiger partial charge in [0.1, 0.15) is 13.1 Å². The summed E-state index contributed by atoms with van der Waals surface area (Å²) in [6, 6.07) is 4.27. The number of nitrogens with two attached hydrogens (primary N) is 1. The van der Waals surface area contributed by atoms with Crippen LogP contribution in [0.5, 0.6) is 0 Å². The molecule has 0 unspecified atom stereocenters. The third-order valence-corrected chi connectivity index (χ3v) is 2.73. The minimum absolute atomic E-state index is 0.313. The highest BCUT2D eigenvalue weighted by atomic mass is 35.5. The first-order valence-corrected chi connectivity index (χ1v) is 6.00. The zero-order valence-electron chi connectivity index (χ0n) is 10.7. The molecule has 0 saturated heterocycles. The first-order chi connectivity index (χ1) is 9.31. The molecule has 8 heteroatoms. The second-order valence-electron chi connectivity index (χ2n) is 4.08. The van der Waals surface area contributed by atoms with Gasteiger partial charge in [-0.25, -0.2) is 4.79 Å². The summed E-state index contributed by atoms with van der Waals surface area (Å²) < 4.78 is 0. The van der Waals surface area contributed by atoms with Crippen molar-refractivity contribution in [2.75, 3.05) is 18.4 Å². The number of anilines is 1. The van der Waals surface area contributed by atoms with E-state index in [2.05, 4.69) is 5.32 Å². The zero-order chi connectivity index (χ0) is 15.3. The van der Waals surface area contributed by atoms with Crippen molar-refractivity contribution in [1.29, 1.82) is 0 Å². The molecular weight excluding hydrogens is 286 g/mol. The highest BCUT2D eigenvalue weighted by Gasteiger charge is 2.20. The van der Waals surface area contributed by atoms with Crippen molar-refractivity contribution in [2.24, 2.45) is 5.73 Å². The van der Waals surface area contributed by atoms with Crippen LogP contribution < -0.4 is 11.1 Å². The Kier molecular flexibility index (Phi) is 5.33. The van der Waals surface area contributed by atoms with E-state index in [1.807, 2.05) is 0 Å². The molecule has 1 rings (SSSR count). The predicted molar refractivity (Wildman–Crippen MR) is 73.6 cm³/mol. The van der Waals surface area contributed by atoms with Gasteiger partial charge in [-0.2, -0.15) is 0 Å². The minimum atomic E-state index is -1.25. The van der Waals surface area contributed by atoms with Crippen LogP contribution in [0.15, 0.2) is 18.2 Å². The smallest absolute Gasteiger partial charge is 0.323 e. The number of aliphatic carboxylic acids is 1. The Morgan fingerprint density at radius 1 is 1.35 bits per heavy atom. The molecule has 0 atom stereocenters. The van der Waals surface area contributed by atoms with Crippen molar-refractivity contribution in [3.05, 3.63) is 28.8 Å². The number of primary amides is 1. The first-order valence-electron chi connectivity index (χ1n) is 5.62. The van der Waals surface area contributed by atoms with E-state index in [4.69, 9.17) is 22.4 Å². The van der Waals surface area contributed by atoms with Gasteiger partial charge in [0.2, 0.25) is 5.91 Å². The number of urea groups is 1. The Bertz CT molecular complexity index is 511. The number of hydrogen-bond donors (Lipinski definition) is 3. The highest BCUT2D eigenvalue weighted by molar-refractivity contribution is 6.33. The Balaban J connectivity index is 2.90. The fourth-order valence-corrected chi connectivity index (χ4v) is 1.80. The van der Waals surface area contributed by atoms with Crippen molar-refractivity contribution < 1.29 is 19.5 Å². The van der Waals surface area contributed by atoms with Crippen molar-refractivity contribution in [2.45, 2.75) is 6.92 Å². The lowest BCUT2D eigenvalue weighted by Gasteiger charge is -2.20. The summed E-state index contributed by atoms with van der Waals surface area (Å²) in [6.07, 6.45) is 0. The fourth-order valence-electron chi connectivity index (χ4n) is 1.53. The Labute approximate surface area is 120 Å². The van der Waals surface area contributed by atoms with Crippen LogP contribution in [0.3, 0.4) is 0 Å². The SMILES string of the molecule is Cc1cccc(Cl)c1NC(=O)N(CC(N)=O)CC(=O)O. The normalized spacial score (nSPS) is 9.90. The van der Waals surface area contributed by atoms with Gasteiger partial charge in [0, 0.05) is 0 Å². The van der Waals surface area contributed by atoms with Crippen LogP contribution in [-0.4, -0.2) is 41.0 Å². The van der Waals surface area contributed by atoms with Gasteiger partial charge in [-0.1, -0.05) is 23.7 Å². The van der Waals surface area contributed by atoms with Gasteiger partial charge in [0.15, 0.2) is 0 Å². The number of para-hydroxylation sites is 1. The van der Waals surface area contributed by atoms with E-state index in [1.165, 1.54) is 0 Å². The van der Waals surface area contributed by atoms with Gasteiger partial charge >= 0.3 is 12.0 Å². The molecule has 1 aromatic rings. The third-order valence-electron chi connectivity index (χ3n) is 2.41. The Morgan fingerprint density at radius 2 is 2.00 bits per heavy atom. The molecule has 0 saturated carbocycles. The molecule has 0 bridgehead atoms. The summed E-state index contributed by atoms with van der Waals surface area (Å²) in [7, 11) is 0. The van der Waals surface area contributed by atoms with Gasteiger partial charge in [0.05, 0.1) is 10.7 Å². The maximum atomic E-state index is 12.0. The Hall–Kier alpha value is -2.28. The average molecular weight is 300 g/mol. The Morgan fingerprint density at radius 3 is 2.50 bits per heavy atom. The molecule has 0 aliphatic carbocycles. The van der Waals surface area contributed by atoms with Crippen molar-refractivity contribution in [1.82, 2.24) is 4.90 Å². The van der Waals surface area contributed by atoms with E-state index in [-0.39, 0.29) is 0 Å².